The molecule has 2 heterocycles. The highest BCUT2D eigenvalue weighted by Crippen LogP contribution is 2.27. The molecule has 7 heteroatoms. The number of aromatic nitrogens is 3. The maximum atomic E-state index is 12.4. The first kappa shape index (κ1) is 12.4. The molecule has 0 aliphatic heterocycles. The van der Waals surface area contributed by atoms with Crippen molar-refractivity contribution in [1.82, 2.24) is 14.8 Å². The van der Waals surface area contributed by atoms with Crippen LogP contribution in [0.4, 0.5) is 19.0 Å². The van der Waals surface area contributed by atoms with E-state index >= 15 is 0 Å². The van der Waals surface area contributed by atoms with Gasteiger partial charge in [0.25, 0.3) is 0 Å². The van der Waals surface area contributed by atoms with Crippen LogP contribution in [0.15, 0.2) is 30.6 Å². The fourth-order valence-electron chi connectivity index (χ4n) is 1.50. The molecule has 0 bridgehead atoms. The van der Waals surface area contributed by atoms with Gasteiger partial charge in [0.2, 0.25) is 0 Å². The van der Waals surface area contributed by atoms with Crippen LogP contribution >= 0.6 is 0 Å². The first-order chi connectivity index (χ1) is 8.49. The van der Waals surface area contributed by atoms with E-state index in [0.717, 1.165) is 11.6 Å². The lowest BCUT2D eigenvalue weighted by atomic mass is 10.2. The number of hydrogen-bond donors (Lipinski definition) is 1. The van der Waals surface area contributed by atoms with Crippen molar-refractivity contribution in [3.05, 3.63) is 41.9 Å². The van der Waals surface area contributed by atoms with Crippen molar-refractivity contribution in [2.75, 3.05) is 12.4 Å². The molecule has 0 spiro atoms. The Hall–Kier alpha value is -2.05. The topological polar surface area (TPSA) is 42.7 Å². The summed E-state index contributed by atoms with van der Waals surface area (Å²) in [5, 5.41) is 6.34. The Morgan fingerprint density at radius 2 is 2.11 bits per heavy atom. The van der Waals surface area contributed by atoms with E-state index in [-0.39, 0.29) is 6.54 Å². The van der Waals surface area contributed by atoms with Gasteiger partial charge in [0, 0.05) is 19.4 Å². The van der Waals surface area contributed by atoms with Gasteiger partial charge < -0.3 is 5.32 Å². The predicted octanol–water partition coefficient (Wildman–Crippen LogP) is 2.39. The first-order valence-electron chi connectivity index (χ1n) is 5.22. The highest BCUT2D eigenvalue weighted by molar-refractivity contribution is 5.36. The standard InChI is InChI=1S/C11H11F3N4/c1-15-10-6-8(2-4-16-10)7-18-5-3-9(17-18)11(12,13)14/h2-6H,7H2,1H3,(H,15,16). The van der Waals surface area contributed by atoms with Gasteiger partial charge in [0.1, 0.15) is 5.82 Å². The van der Waals surface area contributed by atoms with E-state index in [9.17, 15) is 13.2 Å². The lowest BCUT2D eigenvalue weighted by Crippen LogP contribution is -2.08. The SMILES string of the molecule is CNc1cc(Cn2ccc(C(F)(F)F)n2)ccn1. The normalized spacial score (nSPS) is 11.6. The summed E-state index contributed by atoms with van der Waals surface area (Å²) in [5.41, 5.74) is -0.0587. The molecule has 0 saturated carbocycles. The van der Waals surface area contributed by atoms with Crippen molar-refractivity contribution >= 4 is 5.82 Å². The summed E-state index contributed by atoms with van der Waals surface area (Å²) in [6, 6.07) is 4.45. The number of pyridine rings is 1. The zero-order valence-corrected chi connectivity index (χ0v) is 9.57. The van der Waals surface area contributed by atoms with Gasteiger partial charge in [-0.3, -0.25) is 4.68 Å². The zero-order chi connectivity index (χ0) is 13.2. The lowest BCUT2D eigenvalue weighted by molar-refractivity contribution is -0.141. The molecule has 0 unspecified atom stereocenters. The Morgan fingerprint density at radius 3 is 2.72 bits per heavy atom. The van der Waals surface area contributed by atoms with E-state index in [2.05, 4.69) is 15.4 Å². The molecule has 1 N–H and O–H groups in total. The van der Waals surface area contributed by atoms with Gasteiger partial charge in [-0.15, -0.1) is 0 Å². The van der Waals surface area contributed by atoms with Crippen LogP contribution < -0.4 is 5.32 Å². The minimum absolute atomic E-state index is 0.271. The number of alkyl halides is 3. The van der Waals surface area contributed by atoms with Gasteiger partial charge in [-0.1, -0.05) is 0 Å². The maximum Gasteiger partial charge on any atom is 0.435 e. The fraction of sp³-hybridized carbons (Fsp3) is 0.273. The predicted molar refractivity (Wildman–Crippen MR) is 60.1 cm³/mol. The number of halogens is 3. The number of nitrogens with one attached hydrogen (secondary N) is 1. The minimum Gasteiger partial charge on any atom is -0.373 e. The van der Waals surface area contributed by atoms with Crippen LogP contribution in [0.2, 0.25) is 0 Å². The zero-order valence-electron chi connectivity index (χ0n) is 9.57. The van der Waals surface area contributed by atoms with Crippen LogP contribution in [0.3, 0.4) is 0 Å². The van der Waals surface area contributed by atoms with Crippen molar-refractivity contribution in [3.8, 4) is 0 Å². The fourth-order valence-corrected chi connectivity index (χ4v) is 1.50. The second kappa shape index (κ2) is 4.67. The number of rotatable bonds is 3. The third-order valence-corrected chi connectivity index (χ3v) is 2.36. The van der Waals surface area contributed by atoms with Crippen molar-refractivity contribution in [2.45, 2.75) is 12.7 Å². The summed E-state index contributed by atoms with van der Waals surface area (Å²) in [4.78, 5) is 4.02. The average Bonchev–Trinajstić information content (AvgIpc) is 2.77. The molecule has 0 fully saturated rings. The van der Waals surface area contributed by atoms with E-state index in [0.29, 0.717) is 5.82 Å². The van der Waals surface area contributed by atoms with E-state index in [1.807, 2.05) is 0 Å². The lowest BCUT2D eigenvalue weighted by Gasteiger charge is -2.05. The van der Waals surface area contributed by atoms with Crippen molar-refractivity contribution in [1.29, 1.82) is 0 Å². The molecule has 0 aromatic carbocycles. The van der Waals surface area contributed by atoms with Gasteiger partial charge in [0.15, 0.2) is 5.69 Å². The summed E-state index contributed by atoms with van der Waals surface area (Å²) >= 11 is 0. The van der Waals surface area contributed by atoms with Crippen LogP contribution in [0.1, 0.15) is 11.3 Å². The molecule has 0 saturated heterocycles. The number of nitrogens with zero attached hydrogens (tertiary/aromatic N) is 3. The Bertz CT molecular complexity index is 533. The van der Waals surface area contributed by atoms with Gasteiger partial charge >= 0.3 is 6.18 Å². The van der Waals surface area contributed by atoms with E-state index in [4.69, 9.17) is 0 Å². The Balaban J connectivity index is 2.16. The van der Waals surface area contributed by atoms with Gasteiger partial charge in [-0.2, -0.15) is 18.3 Å². The number of anilines is 1. The highest BCUT2D eigenvalue weighted by atomic mass is 19.4. The maximum absolute atomic E-state index is 12.4. The molecule has 0 radical (unpaired) electrons. The Morgan fingerprint density at radius 1 is 1.33 bits per heavy atom. The molecule has 0 aliphatic carbocycles. The Labute approximate surface area is 101 Å². The first-order valence-corrected chi connectivity index (χ1v) is 5.22. The molecule has 4 nitrogen and oxygen atoms in total. The largest absolute Gasteiger partial charge is 0.435 e. The monoisotopic (exact) mass is 256 g/mol. The van der Waals surface area contributed by atoms with E-state index < -0.39 is 11.9 Å². The summed E-state index contributed by atoms with van der Waals surface area (Å²) in [7, 11) is 1.72. The molecular formula is C11H11F3N4. The molecular weight excluding hydrogens is 245 g/mol. The molecule has 18 heavy (non-hydrogen) atoms. The van der Waals surface area contributed by atoms with Crippen LogP contribution in [-0.4, -0.2) is 21.8 Å². The molecule has 2 aromatic heterocycles. The summed E-state index contributed by atoms with van der Waals surface area (Å²) in [6.07, 6.45) is -1.50. The molecule has 0 atom stereocenters. The van der Waals surface area contributed by atoms with E-state index in [1.165, 1.54) is 10.9 Å². The summed E-state index contributed by atoms with van der Waals surface area (Å²) in [6.45, 7) is 0.271. The van der Waals surface area contributed by atoms with Crippen LogP contribution in [0.25, 0.3) is 0 Å². The second-order valence-electron chi connectivity index (χ2n) is 3.70. The third kappa shape index (κ3) is 2.79. The molecule has 2 rings (SSSR count). The van der Waals surface area contributed by atoms with E-state index in [1.54, 1.807) is 25.4 Å². The minimum atomic E-state index is -4.40. The van der Waals surface area contributed by atoms with Crippen LogP contribution in [-0.2, 0) is 12.7 Å². The molecule has 0 amide bonds. The van der Waals surface area contributed by atoms with Crippen molar-refractivity contribution in [3.63, 3.8) is 0 Å². The van der Waals surface area contributed by atoms with Crippen LogP contribution in [0.5, 0.6) is 0 Å². The quantitative estimate of drug-likeness (QED) is 0.916. The summed E-state index contributed by atoms with van der Waals surface area (Å²) < 4.78 is 38.3. The Kier molecular flexibility index (Phi) is 3.22. The molecule has 2 aromatic rings. The van der Waals surface area contributed by atoms with Gasteiger partial charge in [0.05, 0.1) is 6.54 Å². The van der Waals surface area contributed by atoms with Crippen LogP contribution in [0, 0.1) is 0 Å². The second-order valence-corrected chi connectivity index (χ2v) is 3.70. The number of hydrogen-bond acceptors (Lipinski definition) is 3. The smallest absolute Gasteiger partial charge is 0.373 e. The summed E-state index contributed by atoms with van der Waals surface area (Å²) in [5.74, 6) is 0.663. The molecule has 96 valence electrons. The van der Waals surface area contributed by atoms with Gasteiger partial charge in [-0.05, 0) is 23.8 Å². The van der Waals surface area contributed by atoms with Gasteiger partial charge in [-0.25, -0.2) is 4.98 Å². The third-order valence-electron chi connectivity index (χ3n) is 2.36. The van der Waals surface area contributed by atoms with Crippen molar-refractivity contribution < 1.29 is 13.2 Å². The highest BCUT2D eigenvalue weighted by Gasteiger charge is 2.33. The average molecular weight is 256 g/mol. The molecule has 0 aliphatic rings. The van der Waals surface area contributed by atoms with Crippen molar-refractivity contribution in [2.24, 2.45) is 0 Å².